The molecular weight excluding hydrogens is 250 g/mol. The molecule has 2 heterocycles. The molecule has 0 amide bonds. The van der Waals surface area contributed by atoms with Crippen molar-refractivity contribution < 1.29 is 9.90 Å². The third kappa shape index (κ3) is 2.81. The summed E-state index contributed by atoms with van der Waals surface area (Å²) in [5.74, 6) is -0.582. The second kappa shape index (κ2) is 5.67. The molecule has 1 aromatic heterocycles. The van der Waals surface area contributed by atoms with Crippen LogP contribution < -0.4 is 4.90 Å². The molecule has 18 heavy (non-hydrogen) atoms. The van der Waals surface area contributed by atoms with Gasteiger partial charge in [0, 0.05) is 37.8 Å². The van der Waals surface area contributed by atoms with Crippen LogP contribution in [0, 0.1) is 5.92 Å². The van der Waals surface area contributed by atoms with Crippen molar-refractivity contribution in [1.82, 2.24) is 9.88 Å². The summed E-state index contributed by atoms with van der Waals surface area (Å²) in [7, 11) is 0. The molecule has 1 fully saturated rings. The van der Waals surface area contributed by atoms with E-state index >= 15 is 0 Å². The number of carboxylic acids is 1. The van der Waals surface area contributed by atoms with Gasteiger partial charge in [0.2, 0.25) is 0 Å². The van der Waals surface area contributed by atoms with E-state index in [1.165, 1.54) is 0 Å². The van der Waals surface area contributed by atoms with Gasteiger partial charge in [-0.3, -0.25) is 9.69 Å². The zero-order valence-electron chi connectivity index (χ0n) is 10.7. The zero-order valence-corrected chi connectivity index (χ0v) is 11.6. The van der Waals surface area contributed by atoms with E-state index in [9.17, 15) is 9.90 Å². The number of nitrogens with zero attached hydrogens (tertiary/aromatic N) is 3. The van der Waals surface area contributed by atoms with E-state index < -0.39 is 5.97 Å². The third-order valence-corrected chi connectivity index (χ3v) is 4.11. The predicted molar refractivity (Wildman–Crippen MR) is 72.2 cm³/mol. The van der Waals surface area contributed by atoms with Crippen LogP contribution in [0.25, 0.3) is 0 Å². The normalized spacial score (nSPS) is 19.2. The lowest BCUT2D eigenvalue weighted by atomic mass is 10.0. The molecule has 0 saturated carbocycles. The molecule has 6 heteroatoms. The number of aromatic nitrogens is 1. The Labute approximate surface area is 111 Å². The minimum Gasteiger partial charge on any atom is -0.480 e. The lowest BCUT2D eigenvalue weighted by Crippen LogP contribution is -2.54. The van der Waals surface area contributed by atoms with Gasteiger partial charge in [0.25, 0.3) is 0 Å². The maximum absolute atomic E-state index is 11.3. The number of carboxylic acid groups (broad SMARTS) is 1. The molecule has 0 aliphatic carbocycles. The Morgan fingerprint density at radius 1 is 1.39 bits per heavy atom. The first kappa shape index (κ1) is 13.3. The topological polar surface area (TPSA) is 56.7 Å². The van der Waals surface area contributed by atoms with E-state index in [0.717, 1.165) is 31.3 Å². The third-order valence-electron chi connectivity index (χ3n) is 3.28. The molecule has 1 aliphatic heterocycles. The monoisotopic (exact) mass is 269 g/mol. The molecule has 1 saturated heterocycles. The summed E-state index contributed by atoms with van der Waals surface area (Å²) in [5, 5.41) is 12.3. The number of anilines is 1. The number of piperazine rings is 1. The molecule has 2 rings (SSSR count). The Hall–Kier alpha value is -1.14. The average molecular weight is 269 g/mol. The van der Waals surface area contributed by atoms with Crippen molar-refractivity contribution in [3.8, 4) is 0 Å². The maximum Gasteiger partial charge on any atom is 0.321 e. The van der Waals surface area contributed by atoms with Gasteiger partial charge in [-0.2, -0.15) is 0 Å². The Morgan fingerprint density at radius 2 is 2.06 bits per heavy atom. The van der Waals surface area contributed by atoms with Crippen LogP contribution in [0.1, 0.15) is 13.8 Å². The largest absolute Gasteiger partial charge is 0.480 e. The summed E-state index contributed by atoms with van der Waals surface area (Å²) >= 11 is 1.63. The smallest absolute Gasteiger partial charge is 0.321 e. The maximum atomic E-state index is 11.3. The summed E-state index contributed by atoms with van der Waals surface area (Å²) in [5.41, 5.74) is 0. The Morgan fingerprint density at radius 3 is 2.50 bits per heavy atom. The number of thiazole rings is 1. The van der Waals surface area contributed by atoms with Crippen molar-refractivity contribution in [2.75, 3.05) is 31.1 Å². The summed E-state index contributed by atoms with van der Waals surface area (Å²) < 4.78 is 0. The van der Waals surface area contributed by atoms with Crippen LogP contribution in [0.2, 0.25) is 0 Å². The fourth-order valence-corrected chi connectivity index (χ4v) is 3.12. The standard InChI is InChI=1S/C12H19N3O2S/c1-9(2)10(11(16)17)14-4-6-15(7-5-14)12-13-3-8-18-12/h3,8-10H,4-7H2,1-2H3,(H,16,17). The highest BCUT2D eigenvalue weighted by Crippen LogP contribution is 2.21. The molecule has 0 spiro atoms. The molecule has 5 nitrogen and oxygen atoms in total. The van der Waals surface area contributed by atoms with Crippen molar-refractivity contribution in [2.45, 2.75) is 19.9 Å². The van der Waals surface area contributed by atoms with E-state index in [0.29, 0.717) is 0 Å². The lowest BCUT2D eigenvalue weighted by molar-refractivity contribution is -0.145. The Balaban J connectivity index is 1.95. The van der Waals surface area contributed by atoms with Crippen LogP contribution in [0.5, 0.6) is 0 Å². The van der Waals surface area contributed by atoms with Crippen molar-refractivity contribution in [1.29, 1.82) is 0 Å². The first-order valence-corrected chi connectivity index (χ1v) is 7.09. The lowest BCUT2D eigenvalue weighted by Gasteiger charge is -2.38. The summed E-state index contributed by atoms with van der Waals surface area (Å²) in [6.45, 7) is 7.20. The van der Waals surface area contributed by atoms with Crippen molar-refractivity contribution in [3.63, 3.8) is 0 Å². The van der Waals surface area contributed by atoms with E-state index in [1.807, 2.05) is 19.2 Å². The molecule has 1 unspecified atom stereocenters. The average Bonchev–Trinajstić information content (AvgIpc) is 2.82. The molecular formula is C12H19N3O2S. The Bertz CT molecular complexity index is 386. The highest BCUT2D eigenvalue weighted by molar-refractivity contribution is 7.13. The van der Waals surface area contributed by atoms with Crippen molar-refractivity contribution >= 4 is 22.4 Å². The van der Waals surface area contributed by atoms with Gasteiger partial charge in [-0.1, -0.05) is 13.8 Å². The second-order valence-corrected chi connectivity index (χ2v) is 5.74. The van der Waals surface area contributed by atoms with Crippen LogP contribution in [-0.2, 0) is 4.79 Å². The number of hydrogen-bond acceptors (Lipinski definition) is 5. The van der Waals surface area contributed by atoms with Gasteiger partial charge in [0.1, 0.15) is 6.04 Å². The molecule has 1 aromatic rings. The fourth-order valence-electron chi connectivity index (χ4n) is 2.43. The fraction of sp³-hybridized carbons (Fsp3) is 0.667. The molecule has 1 N–H and O–H groups in total. The number of aliphatic carboxylic acids is 1. The summed E-state index contributed by atoms with van der Waals surface area (Å²) in [6.07, 6.45) is 1.81. The highest BCUT2D eigenvalue weighted by atomic mass is 32.1. The minimum atomic E-state index is -0.715. The van der Waals surface area contributed by atoms with Gasteiger partial charge in [-0.15, -0.1) is 11.3 Å². The van der Waals surface area contributed by atoms with Crippen LogP contribution >= 0.6 is 11.3 Å². The highest BCUT2D eigenvalue weighted by Gasteiger charge is 2.31. The van der Waals surface area contributed by atoms with Crippen LogP contribution in [0.3, 0.4) is 0 Å². The van der Waals surface area contributed by atoms with Gasteiger partial charge in [-0.05, 0) is 5.92 Å². The van der Waals surface area contributed by atoms with Gasteiger partial charge in [0.05, 0.1) is 0 Å². The minimum absolute atomic E-state index is 0.133. The molecule has 1 atom stereocenters. The van der Waals surface area contributed by atoms with Gasteiger partial charge in [-0.25, -0.2) is 4.98 Å². The molecule has 0 bridgehead atoms. The summed E-state index contributed by atoms with van der Waals surface area (Å²) in [4.78, 5) is 19.9. The molecule has 100 valence electrons. The van der Waals surface area contributed by atoms with Crippen LogP contribution in [0.15, 0.2) is 11.6 Å². The van der Waals surface area contributed by atoms with Crippen LogP contribution in [0.4, 0.5) is 5.13 Å². The molecule has 0 aromatic carbocycles. The van der Waals surface area contributed by atoms with E-state index in [1.54, 1.807) is 17.5 Å². The Kier molecular flexibility index (Phi) is 4.19. The molecule has 0 radical (unpaired) electrons. The predicted octanol–water partition coefficient (Wildman–Crippen LogP) is 1.37. The van der Waals surface area contributed by atoms with Crippen LogP contribution in [-0.4, -0.2) is 53.2 Å². The van der Waals surface area contributed by atoms with Crippen molar-refractivity contribution in [3.05, 3.63) is 11.6 Å². The van der Waals surface area contributed by atoms with E-state index in [4.69, 9.17) is 0 Å². The first-order valence-electron chi connectivity index (χ1n) is 6.21. The van der Waals surface area contributed by atoms with Gasteiger partial charge < -0.3 is 10.0 Å². The first-order chi connectivity index (χ1) is 8.59. The zero-order chi connectivity index (χ0) is 13.1. The van der Waals surface area contributed by atoms with Gasteiger partial charge in [0.15, 0.2) is 5.13 Å². The number of carbonyl (C=O) groups is 1. The quantitative estimate of drug-likeness (QED) is 0.895. The van der Waals surface area contributed by atoms with Crippen molar-refractivity contribution in [2.24, 2.45) is 5.92 Å². The summed E-state index contributed by atoms with van der Waals surface area (Å²) in [6, 6.07) is -0.372. The SMILES string of the molecule is CC(C)C(C(=O)O)N1CCN(c2nccs2)CC1. The van der Waals surface area contributed by atoms with Gasteiger partial charge >= 0.3 is 5.97 Å². The molecule has 1 aliphatic rings. The second-order valence-electron chi connectivity index (χ2n) is 4.86. The van der Waals surface area contributed by atoms with E-state index in [2.05, 4.69) is 14.8 Å². The number of hydrogen-bond donors (Lipinski definition) is 1. The van der Waals surface area contributed by atoms with E-state index in [-0.39, 0.29) is 12.0 Å². The number of rotatable bonds is 4.